The first-order valence-electron chi connectivity index (χ1n) is 5.44. The summed E-state index contributed by atoms with van der Waals surface area (Å²) in [6.45, 7) is 3.95. The van der Waals surface area contributed by atoms with E-state index in [-0.39, 0.29) is 23.4 Å². The molecule has 0 amide bonds. The van der Waals surface area contributed by atoms with Gasteiger partial charge in [0.2, 0.25) is 0 Å². The van der Waals surface area contributed by atoms with Gasteiger partial charge in [-0.15, -0.1) is 0 Å². The fourth-order valence-corrected chi connectivity index (χ4v) is 2.44. The number of hydrogen-bond donors (Lipinski definition) is 0. The molecule has 0 unspecified atom stereocenters. The second-order valence-corrected chi connectivity index (χ2v) is 6.03. The van der Waals surface area contributed by atoms with E-state index in [1.54, 1.807) is 18.2 Å². The number of rotatable bonds is 6. The van der Waals surface area contributed by atoms with E-state index >= 15 is 0 Å². The first-order chi connectivity index (χ1) is 7.95. The van der Waals surface area contributed by atoms with Gasteiger partial charge in [-0.2, -0.15) is 0 Å². The van der Waals surface area contributed by atoms with Crippen LogP contribution >= 0.6 is 0 Å². The molecule has 0 atom stereocenters. The molecule has 0 saturated heterocycles. The molecule has 0 fully saturated rings. The van der Waals surface area contributed by atoms with Gasteiger partial charge < -0.3 is 9.47 Å². The Morgan fingerprint density at radius 1 is 1.29 bits per heavy atom. The van der Waals surface area contributed by atoms with E-state index in [9.17, 15) is 8.42 Å². The molecule has 0 bridgehead atoms. The molecular formula is C12H18O4S. The van der Waals surface area contributed by atoms with Crippen LogP contribution in [0.15, 0.2) is 29.2 Å². The normalized spacial score (nSPS) is 11.8. The molecule has 5 heteroatoms. The highest BCUT2D eigenvalue weighted by molar-refractivity contribution is 7.91. The minimum absolute atomic E-state index is 0.0155. The summed E-state index contributed by atoms with van der Waals surface area (Å²) >= 11 is 0. The third kappa shape index (κ3) is 4.36. The maximum Gasteiger partial charge on any atom is 0.180 e. The van der Waals surface area contributed by atoms with Crippen molar-refractivity contribution in [2.75, 3.05) is 19.5 Å². The van der Waals surface area contributed by atoms with Gasteiger partial charge in [-0.1, -0.05) is 6.07 Å². The Bertz CT molecular complexity index is 451. The Balaban J connectivity index is 2.75. The van der Waals surface area contributed by atoms with Crippen molar-refractivity contribution in [3.63, 3.8) is 0 Å². The molecular weight excluding hydrogens is 240 g/mol. The molecule has 0 aliphatic heterocycles. The number of benzene rings is 1. The number of ether oxygens (including phenoxy) is 2. The monoisotopic (exact) mass is 258 g/mol. The van der Waals surface area contributed by atoms with Crippen LogP contribution in [0.4, 0.5) is 0 Å². The molecule has 0 aliphatic carbocycles. The van der Waals surface area contributed by atoms with Crippen molar-refractivity contribution in [3.05, 3.63) is 24.3 Å². The lowest BCUT2D eigenvalue weighted by atomic mass is 10.3. The van der Waals surface area contributed by atoms with Crippen molar-refractivity contribution < 1.29 is 17.9 Å². The van der Waals surface area contributed by atoms with Crippen LogP contribution in [0.3, 0.4) is 0 Å². The largest absolute Gasteiger partial charge is 0.497 e. The van der Waals surface area contributed by atoms with E-state index in [2.05, 4.69) is 0 Å². The number of sulfone groups is 1. The zero-order valence-electron chi connectivity index (χ0n) is 10.3. The van der Waals surface area contributed by atoms with Gasteiger partial charge in [0.05, 0.1) is 30.5 Å². The standard InChI is InChI=1S/C12H18O4S/c1-10(2)16-7-8-17(13,14)12-6-4-5-11(9-12)15-3/h4-6,9-10H,7-8H2,1-3H3. The van der Waals surface area contributed by atoms with E-state index in [4.69, 9.17) is 9.47 Å². The molecule has 0 heterocycles. The third-order valence-electron chi connectivity index (χ3n) is 2.20. The summed E-state index contributed by atoms with van der Waals surface area (Å²) in [5.74, 6) is 0.522. The average Bonchev–Trinajstić information content (AvgIpc) is 2.28. The smallest absolute Gasteiger partial charge is 0.180 e. The Morgan fingerprint density at radius 3 is 2.59 bits per heavy atom. The van der Waals surface area contributed by atoms with Gasteiger partial charge >= 0.3 is 0 Å². The first kappa shape index (κ1) is 14.0. The van der Waals surface area contributed by atoms with Crippen molar-refractivity contribution in [2.24, 2.45) is 0 Å². The molecule has 1 rings (SSSR count). The molecule has 0 spiro atoms. The van der Waals surface area contributed by atoms with Crippen LogP contribution in [0, 0.1) is 0 Å². The second-order valence-electron chi connectivity index (χ2n) is 3.92. The first-order valence-corrected chi connectivity index (χ1v) is 7.09. The minimum Gasteiger partial charge on any atom is -0.497 e. The van der Waals surface area contributed by atoms with E-state index in [0.717, 1.165) is 0 Å². The van der Waals surface area contributed by atoms with Crippen molar-refractivity contribution in [1.82, 2.24) is 0 Å². The van der Waals surface area contributed by atoms with Crippen LogP contribution in [-0.2, 0) is 14.6 Å². The van der Waals surface area contributed by atoms with Crippen molar-refractivity contribution in [2.45, 2.75) is 24.8 Å². The summed E-state index contributed by atoms with van der Waals surface area (Å²) in [6.07, 6.45) is 0.0375. The molecule has 0 aromatic heterocycles. The fraction of sp³-hybridized carbons (Fsp3) is 0.500. The molecule has 0 aliphatic rings. The lowest BCUT2D eigenvalue weighted by Crippen LogP contribution is -2.15. The van der Waals surface area contributed by atoms with Crippen molar-refractivity contribution in [3.8, 4) is 5.75 Å². The van der Waals surface area contributed by atoms with Crippen LogP contribution < -0.4 is 4.74 Å². The van der Waals surface area contributed by atoms with Crippen LogP contribution in [0.25, 0.3) is 0 Å². The summed E-state index contributed by atoms with van der Waals surface area (Å²) in [5, 5.41) is 0. The summed E-state index contributed by atoms with van der Waals surface area (Å²) in [5.41, 5.74) is 0. The van der Waals surface area contributed by atoms with Crippen LogP contribution in [0.1, 0.15) is 13.8 Å². The van der Waals surface area contributed by atoms with Crippen LogP contribution in [0.2, 0.25) is 0 Å². The van der Waals surface area contributed by atoms with Gasteiger partial charge in [-0.3, -0.25) is 0 Å². The number of hydrogen-bond acceptors (Lipinski definition) is 4. The number of methoxy groups -OCH3 is 1. The quantitative estimate of drug-likeness (QED) is 0.782. The fourth-order valence-electron chi connectivity index (χ4n) is 1.31. The third-order valence-corrected chi connectivity index (χ3v) is 3.88. The zero-order chi connectivity index (χ0) is 12.9. The highest BCUT2D eigenvalue weighted by Gasteiger charge is 2.15. The topological polar surface area (TPSA) is 52.6 Å². The molecule has 17 heavy (non-hydrogen) atoms. The maximum absolute atomic E-state index is 11.9. The Hall–Kier alpha value is -1.07. The summed E-state index contributed by atoms with van der Waals surface area (Å²) < 4.78 is 34.1. The second kappa shape index (κ2) is 6.02. The molecule has 0 saturated carbocycles. The summed E-state index contributed by atoms with van der Waals surface area (Å²) in [7, 11) is -1.79. The predicted molar refractivity (Wildman–Crippen MR) is 66.1 cm³/mol. The highest BCUT2D eigenvalue weighted by Crippen LogP contribution is 2.18. The van der Waals surface area contributed by atoms with Gasteiger partial charge in [-0.25, -0.2) is 8.42 Å². The molecule has 1 aromatic carbocycles. The van der Waals surface area contributed by atoms with E-state index in [0.29, 0.717) is 5.75 Å². The van der Waals surface area contributed by atoms with Gasteiger partial charge in [0.25, 0.3) is 0 Å². The SMILES string of the molecule is COc1cccc(S(=O)(=O)CCOC(C)C)c1. The van der Waals surface area contributed by atoms with Gasteiger partial charge in [0, 0.05) is 0 Å². The van der Waals surface area contributed by atoms with E-state index < -0.39 is 9.84 Å². The molecule has 96 valence electrons. The average molecular weight is 258 g/mol. The van der Waals surface area contributed by atoms with Crippen molar-refractivity contribution in [1.29, 1.82) is 0 Å². The Morgan fingerprint density at radius 2 is 2.00 bits per heavy atom. The van der Waals surface area contributed by atoms with E-state index in [1.807, 2.05) is 13.8 Å². The van der Waals surface area contributed by atoms with Gasteiger partial charge in [0.15, 0.2) is 9.84 Å². The van der Waals surface area contributed by atoms with Crippen LogP contribution in [-0.4, -0.2) is 34.0 Å². The Kier molecular flexibility index (Phi) is 4.96. The van der Waals surface area contributed by atoms with E-state index in [1.165, 1.54) is 13.2 Å². The molecule has 0 radical (unpaired) electrons. The molecule has 1 aromatic rings. The van der Waals surface area contributed by atoms with Gasteiger partial charge in [-0.05, 0) is 32.0 Å². The Labute approximate surface area is 102 Å². The van der Waals surface area contributed by atoms with Crippen molar-refractivity contribution >= 4 is 9.84 Å². The lowest BCUT2D eigenvalue weighted by molar-refractivity contribution is 0.0912. The lowest BCUT2D eigenvalue weighted by Gasteiger charge is -2.09. The zero-order valence-corrected chi connectivity index (χ0v) is 11.2. The maximum atomic E-state index is 11.9. The molecule has 4 nitrogen and oxygen atoms in total. The highest BCUT2D eigenvalue weighted by atomic mass is 32.2. The summed E-state index contributed by atoms with van der Waals surface area (Å²) in [4.78, 5) is 0.268. The molecule has 0 N–H and O–H groups in total. The van der Waals surface area contributed by atoms with Gasteiger partial charge in [0.1, 0.15) is 5.75 Å². The van der Waals surface area contributed by atoms with Crippen LogP contribution in [0.5, 0.6) is 5.75 Å². The minimum atomic E-state index is -3.29. The summed E-state index contributed by atoms with van der Waals surface area (Å²) in [6, 6.07) is 6.45. The predicted octanol–water partition coefficient (Wildman–Crippen LogP) is 1.89.